The second kappa shape index (κ2) is 15.2. The number of rotatable bonds is 12. The van der Waals surface area contributed by atoms with E-state index in [2.05, 4.69) is 41.4 Å². The normalized spacial score (nSPS) is 12.5. The van der Waals surface area contributed by atoms with E-state index in [1.54, 1.807) is 54.9 Å². The second-order valence-corrected chi connectivity index (χ2v) is 13.7. The third-order valence-corrected chi connectivity index (χ3v) is 9.23. The summed E-state index contributed by atoms with van der Waals surface area (Å²) in [5.74, 6) is -1.83. The summed E-state index contributed by atoms with van der Waals surface area (Å²) in [6.45, 7) is 7.84. The van der Waals surface area contributed by atoms with E-state index >= 15 is 4.39 Å². The predicted molar refractivity (Wildman–Crippen MR) is 187 cm³/mol. The summed E-state index contributed by atoms with van der Waals surface area (Å²) in [6, 6.07) is 22.9. The topological polar surface area (TPSA) is 131 Å². The van der Waals surface area contributed by atoms with Crippen molar-refractivity contribution < 1.29 is 28.6 Å². The van der Waals surface area contributed by atoms with E-state index in [0.717, 1.165) is 16.0 Å². The summed E-state index contributed by atoms with van der Waals surface area (Å²) in [5.41, 5.74) is 3.11. The predicted octanol–water partition coefficient (Wildman–Crippen LogP) is 6.82. The van der Waals surface area contributed by atoms with Crippen molar-refractivity contribution >= 4 is 29.1 Å². The summed E-state index contributed by atoms with van der Waals surface area (Å²) in [7, 11) is 0. The summed E-state index contributed by atoms with van der Waals surface area (Å²) in [5, 5.41) is 14.5. The molecule has 11 heteroatoms. The molecule has 5 aromatic rings. The molecule has 9 nitrogen and oxygen atoms in total. The molecule has 5 rings (SSSR count). The standard InChI is InChI=1S/C38H37FN4O5S/c1-23(37(46)47)42-35(44)31(43-36(45)32-16-17-33(49-32)38(2,3)4)18-24-10-12-26(13-11-24)34-40-20-27(21-41-34)29-15-14-28(19-30(29)39)48-22-25-8-6-5-7-9-25/h5-17,19-21,23,31H,18,22H2,1-4H3,(H,42,44)(H,43,45)(H,46,47)/t23-,31+/m1/s1. The molecule has 2 atom stereocenters. The minimum Gasteiger partial charge on any atom is -0.489 e. The molecule has 0 radical (unpaired) electrons. The van der Waals surface area contributed by atoms with Gasteiger partial charge in [-0.05, 0) is 47.7 Å². The number of carboxylic acid groups (broad SMARTS) is 1. The highest BCUT2D eigenvalue weighted by Crippen LogP contribution is 2.30. The Morgan fingerprint density at radius 3 is 2.18 bits per heavy atom. The number of carbonyl (C=O) groups is 3. The van der Waals surface area contributed by atoms with Crippen LogP contribution < -0.4 is 15.4 Å². The molecule has 0 aliphatic carbocycles. The van der Waals surface area contributed by atoms with Gasteiger partial charge in [-0.15, -0.1) is 11.3 Å². The highest BCUT2D eigenvalue weighted by molar-refractivity contribution is 7.14. The number of aromatic nitrogens is 2. The number of nitrogens with zero attached hydrogens (tertiary/aromatic N) is 2. The molecule has 3 aromatic carbocycles. The Labute approximate surface area is 288 Å². The van der Waals surface area contributed by atoms with Crippen LogP contribution in [0, 0.1) is 5.82 Å². The Bertz CT molecular complexity index is 1920. The Hall–Kier alpha value is -5.42. The molecule has 2 heterocycles. The highest BCUT2D eigenvalue weighted by Gasteiger charge is 2.26. The summed E-state index contributed by atoms with van der Waals surface area (Å²) in [6.07, 6.45) is 3.22. The first kappa shape index (κ1) is 34.9. The molecule has 0 saturated heterocycles. The third kappa shape index (κ3) is 9.14. The number of aliphatic carboxylic acids is 1. The van der Waals surface area contributed by atoms with Gasteiger partial charge in [-0.3, -0.25) is 14.4 Å². The summed E-state index contributed by atoms with van der Waals surface area (Å²) >= 11 is 1.35. The molecule has 49 heavy (non-hydrogen) atoms. The van der Waals surface area contributed by atoms with E-state index in [4.69, 9.17) is 4.74 Å². The van der Waals surface area contributed by atoms with E-state index < -0.39 is 35.7 Å². The summed E-state index contributed by atoms with van der Waals surface area (Å²) < 4.78 is 20.7. The minimum absolute atomic E-state index is 0.117. The fraction of sp³-hybridized carbons (Fsp3) is 0.237. The van der Waals surface area contributed by atoms with Gasteiger partial charge in [0.05, 0.1) is 4.88 Å². The van der Waals surface area contributed by atoms with Crippen molar-refractivity contribution in [3.63, 3.8) is 0 Å². The molecule has 2 amide bonds. The zero-order chi connectivity index (χ0) is 35.1. The highest BCUT2D eigenvalue weighted by atomic mass is 32.1. The van der Waals surface area contributed by atoms with Gasteiger partial charge in [0.1, 0.15) is 30.3 Å². The maximum Gasteiger partial charge on any atom is 0.325 e. The number of ether oxygens (including phenoxy) is 1. The van der Waals surface area contributed by atoms with Crippen LogP contribution in [0.4, 0.5) is 4.39 Å². The van der Waals surface area contributed by atoms with E-state index in [9.17, 15) is 19.5 Å². The number of hydrogen-bond donors (Lipinski definition) is 3. The van der Waals surface area contributed by atoms with Crippen molar-refractivity contribution in [1.29, 1.82) is 0 Å². The number of nitrogens with one attached hydrogen (secondary N) is 2. The van der Waals surface area contributed by atoms with Gasteiger partial charge >= 0.3 is 5.97 Å². The smallest absolute Gasteiger partial charge is 0.325 e. The molecule has 0 aliphatic heterocycles. The zero-order valence-corrected chi connectivity index (χ0v) is 28.4. The van der Waals surface area contributed by atoms with Crippen LogP contribution in [0.3, 0.4) is 0 Å². The van der Waals surface area contributed by atoms with Gasteiger partial charge < -0.3 is 20.5 Å². The molecule has 0 aliphatic rings. The Kier molecular flexibility index (Phi) is 10.8. The maximum absolute atomic E-state index is 15.0. The Morgan fingerprint density at radius 2 is 1.57 bits per heavy atom. The number of carboxylic acids is 1. The van der Waals surface area contributed by atoms with Gasteiger partial charge in [-0.2, -0.15) is 0 Å². The second-order valence-electron chi connectivity index (χ2n) is 12.6. The van der Waals surface area contributed by atoms with Crippen molar-refractivity contribution in [3.05, 3.63) is 124 Å². The van der Waals surface area contributed by atoms with Crippen LogP contribution in [-0.4, -0.2) is 44.9 Å². The van der Waals surface area contributed by atoms with Crippen LogP contribution in [0.5, 0.6) is 5.75 Å². The summed E-state index contributed by atoms with van der Waals surface area (Å²) in [4.78, 5) is 48.0. The zero-order valence-electron chi connectivity index (χ0n) is 27.6. The van der Waals surface area contributed by atoms with Crippen molar-refractivity contribution in [2.24, 2.45) is 0 Å². The van der Waals surface area contributed by atoms with Gasteiger partial charge in [-0.1, -0.05) is 75.4 Å². The van der Waals surface area contributed by atoms with Crippen LogP contribution >= 0.6 is 11.3 Å². The Balaban J connectivity index is 1.26. The van der Waals surface area contributed by atoms with Crippen molar-refractivity contribution in [2.45, 2.75) is 58.2 Å². The number of halogens is 1. The van der Waals surface area contributed by atoms with Crippen molar-refractivity contribution in [2.75, 3.05) is 0 Å². The van der Waals surface area contributed by atoms with Crippen LogP contribution in [0.2, 0.25) is 0 Å². The lowest BCUT2D eigenvalue weighted by Gasteiger charge is -2.20. The van der Waals surface area contributed by atoms with E-state index in [1.165, 1.54) is 24.3 Å². The van der Waals surface area contributed by atoms with Crippen molar-refractivity contribution in [1.82, 2.24) is 20.6 Å². The average molecular weight is 681 g/mol. The fourth-order valence-electron chi connectivity index (χ4n) is 4.88. The first-order valence-electron chi connectivity index (χ1n) is 15.7. The van der Waals surface area contributed by atoms with E-state index in [1.807, 2.05) is 36.4 Å². The molecule has 0 spiro atoms. The minimum atomic E-state index is -1.19. The van der Waals surface area contributed by atoms with Crippen molar-refractivity contribution in [3.8, 4) is 28.3 Å². The molecular formula is C38H37FN4O5S. The third-order valence-electron chi connectivity index (χ3n) is 7.72. The molecule has 0 saturated carbocycles. The first-order valence-corrected chi connectivity index (χ1v) is 16.5. The van der Waals surface area contributed by atoms with Crippen LogP contribution in [0.25, 0.3) is 22.5 Å². The Morgan fingerprint density at radius 1 is 0.878 bits per heavy atom. The number of carbonyl (C=O) groups excluding carboxylic acids is 2. The molecule has 0 bridgehead atoms. The molecule has 0 unspecified atom stereocenters. The lowest BCUT2D eigenvalue weighted by molar-refractivity contribution is -0.141. The van der Waals surface area contributed by atoms with E-state index in [-0.39, 0.29) is 11.8 Å². The molecule has 3 N–H and O–H groups in total. The van der Waals surface area contributed by atoms with Crippen LogP contribution in [0.15, 0.2) is 97.3 Å². The van der Waals surface area contributed by atoms with Crippen LogP contribution in [-0.2, 0) is 28.0 Å². The number of thiophene rings is 1. The van der Waals surface area contributed by atoms with Gasteiger partial charge in [0.15, 0.2) is 5.82 Å². The largest absolute Gasteiger partial charge is 0.489 e. The first-order chi connectivity index (χ1) is 23.4. The van der Waals surface area contributed by atoms with Gasteiger partial charge in [-0.25, -0.2) is 14.4 Å². The molecular weight excluding hydrogens is 644 g/mol. The number of benzene rings is 3. The molecule has 2 aromatic heterocycles. The lowest BCUT2D eigenvalue weighted by atomic mass is 9.95. The fourth-order valence-corrected chi connectivity index (χ4v) is 5.85. The van der Waals surface area contributed by atoms with Gasteiger partial charge in [0.25, 0.3) is 5.91 Å². The number of amides is 2. The SMILES string of the molecule is C[C@@H](NC(=O)[C@H](Cc1ccc(-c2ncc(-c3ccc(OCc4ccccc4)cc3F)cn2)cc1)NC(=O)c1ccc(C(C)(C)C)s1)C(=O)O. The van der Waals surface area contributed by atoms with Crippen LogP contribution in [0.1, 0.15) is 53.4 Å². The van der Waals surface area contributed by atoms with Gasteiger partial charge in [0, 0.05) is 46.4 Å². The van der Waals surface area contributed by atoms with Gasteiger partial charge in [0.2, 0.25) is 5.91 Å². The average Bonchev–Trinajstić information content (AvgIpc) is 3.60. The monoisotopic (exact) mass is 680 g/mol. The lowest BCUT2D eigenvalue weighted by Crippen LogP contribution is -2.51. The number of hydrogen-bond acceptors (Lipinski definition) is 7. The van der Waals surface area contributed by atoms with E-state index in [0.29, 0.717) is 39.7 Å². The molecule has 252 valence electrons. The maximum atomic E-state index is 15.0. The molecule has 0 fully saturated rings. The quantitative estimate of drug-likeness (QED) is 0.132.